The first-order valence-corrected chi connectivity index (χ1v) is 9.60. The van der Waals surface area contributed by atoms with Gasteiger partial charge in [-0.2, -0.15) is 0 Å². The second kappa shape index (κ2) is 8.31. The fraction of sp³-hybridized carbons (Fsp3) is 0.125. The highest BCUT2D eigenvalue weighted by Gasteiger charge is 2.46. The maximum absolute atomic E-state index is 13.0. The lowest BCUT2D eigenvalue weighted by molar-refractivity contribution is -0.140. The molecule has 7 heteroatoms. The summed E-state index contributed by atoms with van der Waals surface area (Å²) in [5.41, 5.74) is 1.74. The van der Waals surface area contributed by atoms with Crippen molar-refractivity contribution in [3.63, 3.8) is 0 Å². The molecule has 1 aliphatic rings. The van der Waals surface area contributed by atoms with Crippen LogP contribution in [0.5, 0.6) is 11.5 Å². The third kappa shape index (κ3) is 3.85. The number of ether oxygens (including phenoxy) is 1. The van der Waals surface area contributed by atoms with Crippen molar-refractivity contribution in [2.75, 3.05) is 7.11 Å². The first kappa shape index (κ1) is 20.2. The summed E-state index contributed by atoms with van der Waals surface area (Å²) in [6.45, 7) is 0.160. The van der Waals surface area contributed by atoms with E-state index >= 15 is 0 Å². The molecule has 1 saturated heterocycles. The topological polar surface area (TPSA) is 100.0 Å². The summed E-state index contributed by atoms with van der Waals surface area (Å²) in [4.78, 5) is 31.4. The predicted octanol–water partition coefficient (Wildman–Crippen LogP) is 3.42. The first-order valence-electron chi connectivity index (χ1n) is 9.60. The number of aliphatic hydroxyl groups excluding tert-OH is 1. The molecule has 2 heterocycles. The Balaban J connectivity index is 1.86. The van der Waals surface area contributed by atoms with Gasteiger partial charge < -0.3 is 19.8 Å². The van der Waals surface area contributed by atoms with E-state index in [1.807, 2.05) is 0 Å². The van der Waals surface area contributed by atoms with Crippen molar-refractivity contribution in [3.05, 3.63) is 95.3 Å². The maximum atomic E-state index is 13.0. The highest BCUT2D eigenvalue weighted by atomic mass is 16.5. The molecule has 1 unspecified atom stereocenters. The van der Waals surface area contributed by atoms with Crippen molar-refractivity contribution in [2.45, 2.75) is 12.6 Å². The number of pyridine rings is 1. The van der Waals surface area contributed by atoms with Gasteiger partial charge in [-0.1, -0.05) is 24.3 Å². The molecule has 1 amide bonds. The predicted molar refractivity (Wildman–Crippen MR) is 113 cm³/mol. The first-order chi connectivity index (χ1) is 15.0. The Bertz CT molecular complexity index is 1160. The van der Waals surface area contributed by atoms with E-state index in [1.54, 1.807) is 60.9 Å². The van der Waals surface area contributed by atoms with Gasteiger partial charge in [-0.05, 0) is 47.5 Å². The maximum Gasteiger partial charge on any atom is 0.295 e. The summed E-state index contributed by atoms with van der Waals surface area (Å²) in [7, 11) is 1.50. The van der Waals surface area contributed by atoms with Gasteiger partial charge in [0.2, 0.25) is 0 Å². The highest BCUT2D eigenvalue weighted by Crippen LogP contribution is 2.40. The molecule has 7 nitrogen and oxygen atoms in total. The van der Waals surface area contributed by atoms with E-state index < -0.39 is 17.7 Å². The Labute approximate surface area is 178 Å². The summed E-state index contributed by atoms with van der Waals surface area (Å²) in [6, 6.07) is 15.6. The minimum absolute atomic E-state index is 0.0157. The van der Waals surface area contributed by atoms with Crippen LogP contribution in [0.2, 0.25) is 0 Å². The minimum atomic E-state index is -0.819. The summed E-state index contributed by atoms with van der Waals surface area (Å²) >= 11 is 0. The van der Waals surface area contributed by atoms with Crippen LogP contribution in [0.15, 0.2) is 78.6 Å². The SMILES string of the molecule is COc1cccc(/C(O)=C2\C(=O)C(=O)N(Cc3ccncc3)C2c2ccc(O)cc2)c1. The monoisotopic (exact) mass is 416 g/mol. The number of carbonyl (C=O) groups excluding carboxylic acids is 2. The van der Waals surface area contributed by atoms with Gasteiger partial charge in [-0.15, -0.1) is 0 Å². The average Bonchev–Trinajstić information content (AvgIpc) is 3.05. The fourth-order valence-electron chi connectivity index (χ4n) is 3.66. The molecular formula is C24H20N2O5. The molecule has 31 heavy (non-hydrogen) atoms. The standard InChI is InChI=1S/C24H20N2O5/c1-31-19-4-2-3-17(13-19)22(28)20-21(16-5-7-18(27)8-6-16)26(24(30)23(20)29)14-15-9-11-25-12-10-15/h2-13,21,27-28H,14H2,1H3/b22-20+. The van der Waals surface area contributed by atoms with E-state index in [0.717, 1.165) is 5.56 Å². The van der Waals surface area contributed by atoms with Crippen LogP contribution in [0.25, 0.3) is 5.76 Å². The van der Waals surface area contributed by atoms with E-state index in [9.17, 15) is 19.8 Å². The number of aromatic nitrogens is 1. The van der Waals surface area contributed by atoms with Gasteiger partial charge in [0.1, 0.15) is 17.3 Å². The zero-order valence-corrected chi connectivity index (χ0v) is 16.7. The van der Waals surface area contributed by atoms with Crippen LogP contribution in [-0.4, -0.2) is 38.9 Å². The summed E-state index contributed by atoms with van der Waals surface area (Å²) < 4.78 is 5.21. The number of aromatic hydroxyl groups is 1. The van der Waals surface area contributed by atoms with Gasteiger partial charge in [0.05, 0.1) is 18.7 Å². The Morgan fingerprint density at radius 2 is 1.77 bits per heavy atom. The normalized spacial score (nSPS) is 17.7. The number of hydrogen-bond acceptors (Lipinski definition) is 6. The Morgan fingerprint density at radius 3 is 2.45 bits per heavy atom. The molecule has 0 aliphatic carbocycles. The largest absolute Gasteiger partial charge is 0.508 e. The summed E-state index contributed by atoms with van der Waals surface area (Å²) in [6.07, 6.45) is 3.22. The Hall–Kier alpha value is -4.13. The molecule has 1 aromatic heterocycles. The molecule has 2 aromatic carbocycles. The van der Waals surface area contributed by atoms with Gasteiger partial charge in [0, 0.05) is 24.5 Å². The smallest absolute Gasteiger partial charge is 0.295 e. The van der Waals surface area contributed by atoms with Gasteiger partial charge in [0.25, 0.3) is 11.7 Å². The van der Waals surface area contributed by atoms with E-state index in [-0.39, 0.29) is 23.6 Å². The molecule has 156 valence electrons. The van der Waals surface area contributed by atoms with Crippen LogP contribution < -0.4 is 4.74 Å². The number of nitrogens with zero attached hydrogens (tertiary/aromatic N) is 2. The number of rotatable bonds is 5. The van der Waals surface area contributed by atoms with E-state index in [1.165, 1.54) is 24.1 Å². The quantitative estimate of drug-likeness (QED) is 0.376. The van der Waals surface area contributed by atoms with Gasteiger partial charge in [0.15, 0.2) is 0 Å². The molecule has 4 rings (SSSR count). The summed E-state index contributed by atoms with van der Waals surface area (Å²) in [5.74, 6) is -1.20. The molecule has 1 aliphatic heterocycles. The van der Waals surface area contributed by atoms with Crippen molar-refractivity contribution >= 4 is 17.4 Å². The molecule has 0 spiro atoms. The number of aliphatic hydroxyl groups is 1. The average molecular weight is 416 g/mol. The number of benzene rings is 2. The third-order valence-corrected chi connectivity index (χ3v) is 5.19. The fourth-order valence-corrected chi connectivity index (χ4v) is 3.66. The van der Waals surface area contributed by atoms with Gasteiger partial charge >= 0.3 is 0 Å². The number of carbonyl (C=O) groups is 2. The number of phenols is 1. The second-order valence-corrected chi connectivity index (χ2v) is 7.11. The number of amides is 1. The number of likely N-dealkylation sites (tertiary alicyclic amines) is 1. The lowest BCUT2D eigenvalue weighted by Gasteiger charge is -2.25. The lowest BCUT2D eigenvalue weighted by atomic mass is 9.95. The number of phenolic OH excluding ortho intramolecular Hbond substituents is 1. The Morgan fingerprint density at radius 1 is 1.06 bits per heavy atom. The van der Waals surface area contributed by atoms with Crippen LogP contribution in [-0.2, 0) is 16.1 Å². The van der Waals surface area contributed by atoms with Crippen molar-refractivity contribution < 1.29 is 24.5 Å². The van der Waals surface area contributed by atoms with Crippen LogP contribution in [0.4, 0.5) is 0 Å². The van der Waals surface area contributed by atoms with Gasteiger partial charge in [-0.3, -0.25) is 14.6 Å². The van der Waals surface area contributed by atoms with Gasteiger partial charge in [-0.25, -0.2) is 0 Å². The van der Waals surface area contributed by atoms with Crippen molar-refractivity contribution in [3.8, 4) is 11.5 Å². The highest BCUT2D eigenvalue weighted by molar-refractivity contribution is 6.46. The molecule has 3 aromatic rings. The zero-order chi connectivity index (χ0) is 22.0. The Kier molecular flexibility index (Phi) is 5.41. The van der Waals surface area contributed by atoms with Crippen molar-refractivity contribution in [2.24, 2.45) is 0 Å². The lowest BCUT2D eigenvalue weighted by Crippen LogP contribution is -2.29. The number of ketones is 1. The van der Waals surface area contributed by atoms with E-state index in [0.29, 0.717) is 16.9 Å². The van der Waals surface area contributed by atoms with Crippen LogP contribution in [0.1, 0.15) is 22.7 Å². The molecule has 0 bridgehead atoms. The minimum Gasteiger partial charge on any atom is -0.508 e. The van der Waals surface area contributed by atoms with Crippen molar-refractivity contribution in [1.29, 1.82) is 0 Å². The molecule has 1 atom stereocenters. The molecular weight excluding hydrogens is 396 g/mol. The summed E-state index contributed by atoms with van der Waals surface area (Å²) in [5, 5.41) is 20.7. The number of Topliss-reactive ketones (excluding diaryl/α,β-unsaturated/α-hetero) is 1. The number of hydrogen-bond donors (Lipinski definition) is 2. The zero-order valence-electron chi connectivity index (χ0n) is 16.7. The van der Waals surface area contributed by atoms with E-state index in [4.69, 9.17) is 4.74 Å². The molecule has 0 radical (unpaired) electrons. The van der Waals surface area contributed by atoms with Crippen LogP contribution >= 0.6 is 0 Å². The van der Waals surface area contributed by atoms with Crippen LogP contribution in [0, 0.1) is 0 Å². The van der Waals surface area contributed by atoms with Crippen LogP contribution in [0.3, 0.4) is 0 Å². The number of methoxy groups -OCH3 is 1. The van der Waals surface area contributed by atoms with Crippen molar-refractivity contribution in [1.82, 2.24) is 9.88 Å². The molecule has 0 saturated carbocycles. The molecule has 1 fully saturated rings. The second-order valence-electron chi connectivity index (χ2n) is 7.11. The molecule has 2 N–H and O–H groups in total. The van der Waals surface area contributed by atoms with E-state index in [2.05, 4.69) is 4.98 Å². The third-order valence-electron chi connectivity index (χ3n) is 5.19.